The zero-order valence-corrected chi connectivity index (χ0v) is 55.7. The molecule has 0 radical (unpaired) electrons. The molecule has 8 heteroatoms. The number of furan rings is 4. The van der Waals surface area contributed by atoms with Crippen LogP contribution < -0.4 is 0 Å². The molecule has 0 aliphatic carbocycles. The Kier molecular flexibility index (Phi) is 36.4. The third-order valence-corrected chi connectivity index (χ3v) is 15.6. The van der Waals surface area contributed by atoms with Crippen LogP contribution in [0.3, 0.4) is 0 Å². The second-order valence-corrected chi connectivity index (χ2v) is 24.7. The third kappa shape index (κ3) is 35.2. The summed E-state index contributed by atoms with van der Waals surface area (Å²) < 4.78 is 20.0. The van der Waals surface area contributed by atoms with Crippen molar-refractivity contribution in [3.63, 3.8) is 0 Å². The van der Waals surface area contributed by atoms with Crippen LogP contribution in [0.2, 0.25) is 0 Å². The van der Waals surface area contributed by atoms with Crippen molar-refractivity contribution in [2.75, 3.05) is 0 Å². The van der Waals surface area contributed by atoms with E-state index in [1.807, 2.05) is 97.1 Å². The molecule has 430 valence electrons. The summed E-state index contributed by atoms with van der Waals surface area (Å²) in [6.45, 7) is 45.4. The van der Waals surface area contributed by atoms with E-state index in [0.717, 1.165) is 28.8 Å². The molecule has 11 aromatic rings. The number of hydrogen-bond donors (Lipinski definition) is 0. The van der Waals surface area contributed by atoms with E-state index in [2.05, 4.69) is 216 Å². The molecular formula is C72H94O4S4. The van der Waals surface area contributed by atoms with Crippen LogP contribution in [-0.2, 0) is 0 Å². The molecule has 80 heavy (non-hydrogen) atoms. The average molecular weight is 1150 g/mol. The molecule has 8 aromatic heterocycles. The summed E-state index contributed by atoms with van der Waals surface area (Å²) in [6.07, 6.45) is 5.14. The Morgan fingerprint density at radius 2 is 0.725 bits per heavy atom. The average Bonchev–Trinajstić information content (AvgIpc) is 4.33. The van der Waals surface area contributed by atoms with E-state index < -0.39 is 0 Å². The van der Waals surface area contributed by atoms with Gasteiger partial charge in [0.15, 0.2) is 0 Å². The normalized spacial score (nSPS) is 9.38. The molecule has 0 saturated heterocycles. The number of thiophene rings is 4. The standard InChI is InChI=1S/3C8H10.4C6H8O.4C6H8S/c1-7-3-5-8(2)6-4-7;1-7-4-3-5-8(2)6-7;1-7-5-3-4-6-8(7)2;1-5-3-6(2)7-4-5;2*1-5-3-4-7-6(5)2;1-5-3-4-6(2)7-5;1-5-3-6(2)7-4-5;2*1-5-3-4-7-6(5)2;1-5-3-4-6(2)7-5/h3*3-6H,1-2H3;8*3-4H,1-2H3. The molecule has 0 amide bonds. The topological polar surface area (TPSA) is 52.6 Å². The minimum Gasteiger partial charge on any atom is -0.469 e. The van der Waals surface area contributed by atoms with Crippen molar-refractivity contribution in [1.29, 1.82) is 0 Å². The second-order valence-electron chi connectivity index (χ2n) is 19.8. The van der Waals surface area contributed by atoms with E-state index in [1.165, 1.54) is 91.1 Å². The van der Waals surface area contributed by atoms with Crippen molar-refractivity contribution in [2.24, 2.45) is 0 Å². The molecule has 3 aromatic carbocycles. The Morgan fingerprint density at radius 1 is 0.287 bits per heavy atom. The maximum Gasteiger partial charge on any atom is 0.103 e. The van der Waals surface area contributed by atoms with Gasteiger partial charge < -0.3 is 17.7 Å². The highest BCUT2D eigenvalue weighted by molar-refractivity contribution is 7.12. The summed E-state index contributed by atoms with van der Waals surface area (Å²) >= 11 is 7.26. The Morgan fingerprint density at radius 3 is 0.875 bits per heavy atom. The first-order chi connectivity index (χ1) is 37.7. The highest BCUT2D eigenvalue weighted by Gasteiger charge is 1.92. The van der Waals surface area contributed by atoms with E-state index >= 15 is 0 Å². The minimum atomic E-state index is 0.984. The Labute approximate surface area is 500 Å². The fraction of sp³-hybridized carbons (Fsp3) is 0.306. The van der Waals surface area contributed by atoms with Crippen molar-refractivity contribution in [3.8, 4) is 0 Å². The van der Waals surface area contributed by atoms with Gasteiger partial charge in [-0.3, -0.25) is 0 Å². The van der Waals surface area contributed by atoms with Gasteiger partial charge in [-0.05, 0) is 274 Å². The van der Waals surface area contributed by atoms with E-state index in [0.29, 0.717) is 0 Å². The number of hydrogen-bond acceptors (Lipinski definition) is 8. The van der Waals surface area contributed by atoms with Gasteiger partial charge in [0.1, 0.15) is 28.8 Å². The lowest BCUT2D eigenvalue weighted by molar-refractivity contribution is 0.504. The van der Waals surface area contributed by atoms with Crippen LogP contribution in [0.4, 0.5) is 0 Å². The smallest absolute Gasteiger partial charge is 0.103 e. The van der Waals surface area contributed by atoms with Gasteiger partial charge in [-0.25, -0.2) is 0 Å². The summed E-state index contributed by atoms with van der Waals surface area (Å²) in [7, 11) is 0. The van der Waals surface area contributed by atoms with Crippen molar-refractivity contribution >= 4 is 45.3 Å². The zero-order valence-electron chi connectivity index (χ0n) is 52.4. The molecule has 0 aliphatic rings. The largest absolute Gasteiger partial charge is 0.469 e. The molecule has 4 nitrogen and oxygen atoms in total. The van der Waals surface area contributed by atoms with Crippen molar-refractivity contribution in [1.82, 2.24) is 0 Å². The molecule has 8 heterocycles. The number of rotatable bonds is 0. The molecule has 0 fully saturated rings. The molecule has 0 spiro atoms. The van der Waals surface area contributed by atoms with Crippen LogP contribution in [0.5, 0.6) is 0 Å². The third-order valence-electron chi connectivity index (χ3n) is 11.8. The highest BCUT2D eigenvalue weighted by atomic mass is 32.1. The fourth-order valence-electron chi connectivity index (χ4n) is 6.16. The van der Waals surface area contributed by atoms with Crippen LogP contribution in [0.25, 0.3) is 0 Å². The molecule has 0 N–H and O–H groups in total. The van der Waals surface area contributed by atoms with Gasteiger partial charge >= 0.3 is 0 Å². The minimum absolute atomic E-state index is 0.984. The van der Waals surface area contributed by atoms with Gasteiger partial charge in [0.2, 0.25) is 0 Å². The SMILES string of the molecule is Cc1ccc(C)cc1.Cc1ccc(C)o1.Cc1ccc(C)s1.Cc1cccc(C)c1.Cc1ccccc1C.Cc1ccoc1C.Cc1ccoc1C.Cc1ccsc1C.Cc1ccsc1C.Cc1coc(C)c1.Cc1csc(C)c1. The summed E-state index contributed by atoms with van der Waals surface area (Å²) in [5.74, 6) is 4.98. The number of aryl methyl sites for hydroxylation is 22. The highest BCUT2D eigenvalue weighted by Crippen LogP contribution is 2.15. The van der Waals surface area contributed by atoms with Gasteiger partial charge in [0.25, 0.3) is 0 Å². The summed E-state index contributed by atoms with van der Waals surface area (Å²) in [5, 5.41) is 6.39. The van der Waals surface area contributed by atoms with E-state index in [1.54, 1.807) is 52.8 Å². The van der Waals surface area contributed by atoms with Crippen molar-refractivity contribution < 1.29 is 17.7 Å². The predicted octanol–water partition coefficient (Wildman–Crippen LogP) is 24.0. The molecule has 0 saturated carbocycles. The molecule has 0 aliphatic heterocycles. The Hall–Kier alpha value is -6.42. The van der Waals surface area contributed by atoms with Crippen LogP contribution in [-0.4, -0.2) is 0 Å². The van der Waals surface area contributed by atoms with Crippen LogP contribution in [0, 0.1) is 152 Å². The fourth-order valence-corrected chi connectivity index (χ4v) is 9.10. The van der Waals surface area contributed by atoms with Gasteiger partial charge in [0, 0.05) is 24.4 Å². The van der Waals surface area contributed by atoms with Gasteiger partial charge in [0.05, 0.1) is 18.8 Å². The number of benzene rings is 3. The maximum atomic E-state index is 5.08. The second kappa shape index (κ2) is 40.7. The lowest BCUT2D eigenvalue weighted by Gasteiger charge is -1.93. The van der Waals surface area contributed by atoms with Crippen molar-refractivity contribution in [2.45, 2.75) is 152 Å². The lowest BCUT2D eigenvalue weighted by atomic mass is 10.1. The molecule has 11 rings (SSSR count). The predicted molar refractivity (Wildman–Crippen MR) is 356 cm³/mol. The van der Waals surface area contributed by atoms with Crippen LogP contribution in [0.15, 0.2) is 186 Å². The van der Waals surface area contributed by atoms with Gasteiger partial charge in [-0.1, -0.05) is 95.1 Å². The van der Waals surface area contributed by atoms with E-state index in [-0.39, 0.29) is 0 Å². The maximum absolute atomic E-state index is 5.08. The summed E-state index contributed by atoms with van der Waals surface area (Å²) in [6, 6.07) is 45.8. The Bertz CT molecular complexity index is 2760. The quantitative estimate of drug-likeness (QED) is 0.152. The zero-order chi connectivity index (χ0) is 60.2. The van der Waals surface area contributed by atoms with E-state index in [4.69, 9.17) is 17.7 Å². The molecular weight excluding hydrogens is 1060 g/mol. The monoisotopic (exact) mass is 1150 g/mol. The molecule has 0 bridgehead atoms. The first-order valence-electron chi connectivity index (χ1n) is 27.0. The van der Waals surface area contributed by atoms with Gasteiger partial charge in [-0.15, -0.1) is 45.3 Å². The van der Waals surface area contributed by atoms with Crippen LogP contribution in [0.1, 0.15) is 120 Å². The first kappa shape index (κ1) is 71.6. The molecule has 0 atom stereocenters. The van der Waals surface area contributed by atoms with Crippen molar-refractivity contribution in [3.05, 3.63) is 288 Å². The molecule has 0 unspecified atom stereocenters. The van der Waals surface area contributed by atoms with Crippen LogP contribution >= 0.6 is 45.3 Å². The Balaban J connectivity index is 0.000000440. The summed E-state index contributed by atoms with van der Waals surface area (Å²) in [5.41, 5.74) is 15.9. The first-order valence-corrected chi connectivity index (χ1v) is 30.4. The van der Waals surface area contributed by atoms with E-state index in [9.17, 15) is 0 Å². The van der Waals surface area contributed by atoms with Gasteiger partial charge in [-0.2, -0.15) is 0 Å². The summed E-state index contributed by atoms with van der Waals surface area (Å²) in [4.78, 5) is 7.06. The lowest BCUT2D eigenvalue weighted by Crippen LogP contribution is -1.74.